The van der Waals surface area contributed by atoms with Crippen molar-refractivity contribution < 1.29 is 9.47 Å². The van der Waals surface area contributed by atoms with E-state index in [1.54, 1.807) is 7.11 Å². The molecule has 0 saturated carbocycles. The zero-order valence-electron chi connectivity index (χ0n) is 12.9. The Kier molecular flexibility index (Phi) is 5.50. The highest BCUT2D eigenvalue weighted by Crippen LogP contribution is 2.23. The Hall–Kier alpha value is -2.16. The van der Waals surface area contributed by atoms with Crippen LogP contribution in [0.15, 0.2) is 48.5 Å². The summed E-state index contributed by atoms with van der Waals surface area (Å²) in [4.78, 5) is 0. The summed E-state index contributed by atoms with van der Waals surface area (Å²) < 4.78 is 11.2. The van der Waals surface area contributed by atoms with E-state index >= 15 is 0 Å². The van der Waals surface area contributed by atoms with Crippen LogP contribution in [0.25, 0.3) is 0 Å². The van der Waals surface area contributed by atoms with E-state index in [9.17, 15) is 0 Å². The predicted octanol–water partition coefficient (Wildman–Crippen LogP) is 4.14. The monoisotopic (exact) mass is 285 g/mol. The van der Waals surface area contributed by atoms with E-state index in [2.05, 4.69) is 31.3 Å². The van der Waals surface area contributed by atoms with Crippen molar-refractivity contribution in [2.75, 3.05) is 19.0 Å². The lowest BCUT2D eigenvalue weighted by Gasteiger charge is -2.17. The molecular weight excluding hydrogens is 262 g/mol. The summed E-state index contributed by atoms with van der Waals surface area (Å²) >= 11 is 0. The Morgan fingerprint density at radius 1 is 1.05 bits per heavy atom. The minimum atomic E-state index is 0.0717. The second-order valence-corrected chi connectivity index (χ2v) is 5.01. The number of hydrogen-bond acceptors (Lipinski definition) is 3. The molecule has 0 aliphatic rings. The van der Waals surface area contributed by atoms with E-state index in [0.29, 0.717) is 0 Å². The largest absolute Gasteiger partial charge is 0.495 e. The number of benzene rings is 2. The maximum absolute atomic E-state index is 5.91. The van der Waals surface area contributed by atoms with Crippen LogP contribution < -0.4 is 14.8 Å². The lowest BCUT2D eigenvalue weighted by molar-refractivity contribution is 0.234. The maximum Gasteiger partial charge on any atom is 0.141 e. The number of ether oxygens (including phenoxy) is 2. The van der Waals surface area contributed by atoms with Crippen molar-refractivity contribution in [2.45, 2.75) is 26.4 Å². The van der Waals surface area contributed by atoms with Crippen LogP contribution in [0.5, 0.6) is 11.5 Å². The molecule has 0 saturated heterocycles. The molecule has 3 heteroatoms. The van der Waals surface area contributed by atoms with E-state index in [1.165, 1.54) is 5.56 Å². The minimum Gasteiger partial charge on any atom is -0.495 e. The van der Waals surface area contributed by atoms with Crippen LogP contribution in [0.3, 0.4) is 0 Å². The Morgan fingerprint density at radius 2 is 1.76 bits per heavy atom. The Labute approximate surface area is 126 Å². The molecule has 1 unspecified atom stereocenters. The van der Waals surface area contributed by atoms with Gasteiger partial charge in [-0.1, -0.05) is 31.2 Å². The molecule has 2 rings (SSSR count). The second-order valence-electron chi connectivity index (χ2n) is 5.01. The molecule has 2 aromatic rings. The summed E-state index contributed by atoms with van der Waals surface area (Å²) in [5, 5.41) is 3.36. The van der Waals surface area contributed by atoms with E-state index < -0.39 is 0 Å². The maximum atomic E-state index is 5.91. The van der Waals surface area contributed by atoms with Gasteiger partial charge in [-0.2, -0.15) is 0 Å². The third-order valence-corrected chi connectivity index (χ3v) is 3.36. The first-order valence-corrected chi connectivity index (χ1v) is 7.35. The number of aryl methyl sites for hydroxylation is 1. The molecule has 0 heterocycles. The summed E-state index contributed by atoms with van der Waals surface area (Å²) in [6.07, 6.45) is 1.12. The van der Waals surface area contributed by atoms with Crippen LogP contribution in [-0.2, 0) is 6.42 Å². The molecule has 112 valence electrons. The zero-order chi connectivity index (χ0) is 15.1. The smallest absolute Gasteiger partial charge is 0.141 e. The van der Waals surface area contributed by atoms with E-state index in [1.807, 2.05) is 36.4 Å². The molecule has 0 aliphatic heterocycles. The molecule has 0 radical (unpaired) electrons. The normalized spacial score (nSPS) is 11.8. The van der Waals surface area contributed by atoms with Crippen LogP contribution >= 0.6 is 0 Å². The van der Waals surface area contributed by atoms with Gasteiger partial charge in [0.1, 0.15) is 17.6 Å². The minimum absolute atomic E-state index is 0.0717. The highest BCUT2D eigenvalue weighted by Gasteiger charge is 2.06. The number of methoxy groups -OCH3 is 1. The van der Waals surface area contributed by atoms with Gasteiger partial charge < -0.3 is 14.8 Å². The number of para-hydroxylation sites is 2. The second kappa shape index (κ2) is 7.58. The molecule has 0 spiro atoms. The molecule has 2 aromatic carbocycles. The SMILES string of the molecule is CCc1ccc(OC(C)CNc2ccccc2OC)cc1. The van der Waals surface area contributed by atoms with Crippen molar-refractivity contribution in [2.24, 2.45) is 0 Å². The summed E-state index contributed by atoms with van der Waals surface area (Å²) in [6, 6.07) is 16.2. The van der Waals surface area contributed by atoms with Gasteiger partial charge >= 0.3 is 0 Å². The van der Waals surface area contributed by atoms with Crippen molar-refractivity contribution in [3.63, 3.8) is 0 Å². The first kappa shape index (κ1) is 15.2. The summed E-state index contributed by atoms with van der Waals surface area (Å²) in [6.45, 7) is 4.92. The Bertz CT molecular complexity index is 551. The molecular formula is C18H23NO2. The molecule has 0 amide bonds. The van der Waals surface area contributed by atoms with Crippen LogP contribution in [0, 0.1) is 0 Å². The average molecular weight is 285 g/mol. The topological polar surface area (TPSA) is 30.5 Å². The first-order chi connectivity index (χ1) is 10.2. The summed E-state index contributed by atoms with van der Waals surface area (Å²) in [5.41, 5.74) is 2.30. The summed E-state index contributed by atoms with van der Waals surface area (Å²) in [7, 11) is 1.68. The fraction of sp³-hybridized carbons (Fsp3) is 0.333. The van der Waals surface area contributed by atoms with Crippen molar-refractivity contribution in [1.82, 2.24) is 0 Å². The fourth-order valence-corrected chi connectivity index (χ4v) is 2.12. The van der Waals surface area contributed by atoms with Crippen LogP contribution in [0.1, 0.15) is 19.4 Å². The molecule has 0 aliphatic carbocycles. The number of anilines is 1. The number of rotatable bonds is 7. The highest BCUT2D eigenvalue weighted by atomic mass is 16.5. The summed E-state index contributed by atoms with van der Waals surface area (Å²) in [5.74, 6) is 1.75. The van der Waals surface area contributed by atoms with Crippen molar-refractivity contribution in [3.05, 3.63) is 54.1 Å². The van der Waals surface area contributed by atoms with Crippen LogP contribution in [0.4, 0.5) is 5.69 Å². The highest BCUT2D eigenvalue weighted by molar-refractivity contribution is 5.56. The van der Waals surface area contributed by atoms with Gasteiger partial charge in [0.15, 0.2) is 0 Å². The van der Waals surface area contributed by atoms with Gasteiger partial charge in [-0.25, -0.2) is 0 Å². The van der Waals surface area contributed by atoms with Gasteiger partial charge in [0.2, 0.25) is 0 Å². The van der Waals surface area contributed by atoms with Crippen molar-refractivity contribution in [1.29, 1.82) is 0 Å². The molecule has 3 nitrogen and oxygen atoms in total. The van der Waals surface area contributed by atoms with Crippen LogP contribution in [-0.4, -0.2) is 19.8 Å². The van der Waals surface area contributed by atoms with Crippen molar-refractivity contribution >= 4 is 5.69 Å². The molecule has 1 atom stereocenters. The van der Waals surface area contributed by atoms with Gasteiger partial charge in [-0.05, 0) is 43.2 Å². The fourth-order valence-electron chi connectivity index (χ4n) is 2.12. The van der Waals surface area contributed by atoms with Gasteiger partial charge in [0.05, 0.1) is 19.3 Å². The standard InChI is InChI=1S/C18H23NO2/c1-4-15-9-11-16(12-10-15)21-14(2)13-19-17-7-5-6-8-18(17)20-3/h5-12,14,19H,4,13H2,1-3H3. The lowest BCUT2D eigenvalue weighted by atomic mass is 10.2. The average Bonchev–Trinajstić information content (AvgIpc) is 2.54. The lowest BCUT2D eigenvalue weighted by Crippen LogP contribution is -2.22. The Balaban J connectivity index is 1.87. The van der Waals surface area contributed by atoms with E-state index in [-0.39, 0.29) is 6.10 Å². The van der Waals surface area contributed by atoms with E-state index in [0.717, 1.165) is 30.2 Å². The third kappa shape index (κ3) is 4.42. The molecule has 21 heavy (non-hydrogen) atoms. The van der Waals surface area contributed by atoms with Gasteiger partial charge in [0, 0.05) is 0 Å². The predicted molar refractivity (Wildman–Crippen MR) is 87.4 cm³/mol. The number of hydrogen-bond donors (Lipinski definition) is 1. The molecule has 0 aromatic heterocycles. The molecule has 1 N–H and O–H groups in total. The van der Waals surface area contributed by atoms with Gasteiger partial charge in [-0.15, -0.1) is 0 Å². The van der Waals surface area contributed by atoms with Gasteiger partial charge in [0.25, 0.3) is 0 Å². The first-order valence-electron chi connectivity index (χ1n) is 7.35. The van der Waals surface area contributed by atoms with Gasteiger partial charge in [-0.3, -0.25) is 0 Å². The number of nitrogens with one attached hydrogen (secondary N) is 1. The molecule has 0 fully saturated rings. The Morgan fingerprint density at radius 3 is 2.43 bits per heavy atom. The zero-order valence-corrected chi connectivity index (χ0v) is 12.9. The quantitative estimate of drug-likeness (QED) is 0.829. The third-order valence-electron chi connectivity index (χ3n) is 3.36. The van der Waals surface area contributed by atoms with E-state index in [4.69, 9.17) is 9.47 Å². The molecule has 0 bridgehead atoms. The van der Waals surface area contributed by atoms with Crippen molar-refractivity contribution in [3.8, 4) is 11.5 Å². The van der Waals surface area contributed by atoms with Crippen LogP contribution in [0.2, 0.25) is 0 Å².